The van der Waals surface area contributed by atoms with Crippen LogP contribution in [0.2, 0.25) is 0 Å². The summed E-state index contributed by atoms with van der Waals surface area (Å²) in [5, 5.41) is 19.8. The number of piperidine rings is 1. The molecule has 1 aromatic carbocycles. The molecule has 6 heteroatoms. The number of nitrogens with one attached hydrogen (secondary N) is 1. The quantitative estimate of drug-likeness (QED) is 0.790. The third-order valence-corrected chi connectivity index (χ3v) is 4.17. The molecule has 22 heavy (non-hydrogen) atoms. The van der Waals surface area contributed by atoms with Crippen LogP contribution in [-0.2, 0) is 6.54 Å². The van der Waals surface area contributed by atoms with Gasteiger partial charge >= 0.3 is 0 Å². The monoisotopic (exact) mass is 306 g/mol. The molecule has 1 fully saturated rings. The minimum Gasteiger partial charge on any atom is -0.393 e. The first kappa shape index (κ1) is 15.1. The lowest BCUT2D eigenvalue weighted by molar-refractivity contribution is -0.0689. The minimum absolute atomic E-state index is 0.224. The summed E-state index contributed by atoms with van der Waals surface area (Å²) in [5.74, 6) is -0.435. The second-order valence-electron chi connectivity index (χ2n) is 6.05. The summed E-state index contributed by atoms with van der Waals surface area (Å²) >= 11 is 0. The number of aromatic nitrogens is 1. The number of β-amino-alcohol motifs (C(OH)–C–C–N with tert-alkyl or cyclic N) is 1. The zero-order valence-electron chi connectivity index (χ0n) is 12.2. The van der Waals surface area contributed by atoms with Gasteiger partial charge in [-0.25, -0.2) is 4.39 Å². The summed E-state index contributed by atoms with van der Waals surface area (Å²) in [7, 11) is 0. The Morgan fingerprint density at radius 1 is 1.36 bits per heavy atom. The molecular formula is C16H19FN2O3. The van der Waals surface area contributed by atoms with Crippen LogP contribution in [-0.4, -0.2) is 45.4 Å². The highest BCUT2D eigenvalue weighted by molar-refractivity contribution is 5.78. The van der Waals surface area contributed by atoms with Crippen LogP contribution in [0.3, 0.4) is 0 Å². The van der Waals surface area contributed by atoms with E-state index >= 15 is 0 Å². The van der Waals surface area contributed by atoms with E-state index in [0.717, 1.165) is 13.0 Å². The number of fused-ring (bicyclic) bond motifs is 1. The van der Waals surface area contributed by atoms with Gasteiger partial charge in [0.25, 0.3) is 0 Å². The van der Waals surface area contributed by atoms with Crippen LogP contribution >= 0.6 is 0 Å². The van der Waals surface area contributed by atoms with Crippen LogP contribution < -0.4 is 5.43 Å². The standard InChI is InChI=1S/C16H19FN2O3/c17-11-2-3-14-13(6-11)15(21)7-12(18-14)8-19-5-1-4-16(22,9-19)10-20/h2-3,6-7,20,22H,1,4-5,8-10H2,(H,18,21). The van der Waals surface area contributed by atoms with Crippen molar-refractivity contribution in [3.63, 3.8) is 0 Å². The van der Waals surface area contributed by atoms with E-state index in [1.807, 2.05) is 4.90 Å². The molecule has 118 valence electrons. The first-order valence-corrected chi connectivity index (χ1v) is 7.36. The first-order valence-electron chi connectivity index (χ1n) is 7.36. The molecule has 3 N–H and O–H groups in total. The number of pyridine rings is 1. The maximum atomic E-state index is 13.2. The number of likely N-dealkylation sites (tertiary alicyclic amines) is 1. The number of H-pyrrole nitrogens is 1. The Labute approximate surface area is 127 Å². The second-order valence-corrected chi connectivity index (χ2v) is 6.05. The van der Waals surface area contributed by atoms with Crippen molar-refractivity contribution in [2.75, 3.05) is 19.7 Å². The van der Waals surface area contributed by atoms with E-state index in [9.17, 15) is 19.4 Å². The highest BCUT2D eigenvalue weighted by Gasteiger charge is 2.32. The van der Waals surface area contributed by atoms with Gasteiger partial charge in [-0.2, -0.15) is 0 Å². The van der Waals surface area contributed by atoms with Crippen molar-refractivity contribution in [2.45, 2.75) is 25.0 Å². The molecule has 1 aliphatic rings. The van der Waals surface area contributed by atoms with Gasteiger partial charge in [0.1, 0.15) is 11.4 Å². The molecule has 0 spiro atoms. The maximum absolute atomic E-state index is 13.2. The number of hydrogen-bond donors (Lipinski definition) is 3. The fourth-order valence-corrected chi connectivity index (χ4v) is 3.07. The van der Waals surface area contributed by atoms with Crippen LogP contribution in [0.5, 0.6) is 0 Å². The number of aliphatic hydroxyl groups is 2. The van der Waals surface area contributed by atoms with Gasteiger partial charge < -0.3 is 15.2 Å². The number of aromatic amines is 1. The normalized spacial score (nSPS) is 23.0. The minimum atomic E-state index is -1.07. The van der Waals surface area contributed by atoms with Gasteiger partial charge in [-0.05, 0) is 37.6 Å². The molecule has 1 atom stereocenters. The van der Waals surface area contributed by atoms with Crippen molar-refractivity contribution in [3.8, 4) is 0 Å². The fraction of sp³-hybridized carbons (Fsp3) is 0.438. The Morgan fingerprint density at radius 3 is 2.95 bits per heavy atom. The van der Waals surface area contributed by atoms with Gasteiger partial charge in [-0.15, -0.1) is 0 Å². The Bertz CT molecular complexity index is 746. The summed E-state index contributed by atoms with van der Waals surface area (Å²) in [6.07, 6.45) is 1.37. The number of nitrogens with zero attached hydrogens (tertiary/aromatic N) is 1. The third kappa shape index (κ3) is 3.04. The van der Waals surface area contributed by atoms with Crippen LogP contribution in [0, 0.1) is 5.82 Å². The first-order chi connectivity index (χ1) is 10.5. The lowest BCUT2D eigenvalue weighted by atomic mass is 9.94. The zero-order chi connectivity index (χ0) is 15.7. The number of rotatable bonds is 3. The van der Waals surface area contributed by atoms with Crippen molar-refractivity contribution >= 4 is 10.9 Å². The Hall–Kier alpha value is -1.76. The van der Waals surface area contributed by atoms with Gasteiger partial charge in [0, 0.05) is 35.8 Å². The molecule has 1 saturated heterocycles. The van der Waals surface area contributed by atoms with E-state index in [0.29, 0.717) is 36.1 Å². The molecule has 0 bridgehead atoms. The van der Waals surface area contributed by atoms with Crippen molar-refractivity contribution in [2.24, 2.45) is 0 Å². The zero-order valence-corrected chi connectivity index (χ0v) is 12.2. The molecular weight excluding hydrogens is 287 g/mol. The van der Waals surface area contributed by atoms with Gasteiger partial charge in [0.05, 0.1) is 6.61 Å². The Morgan fingerprint density at radius 2 is 2.18 bits per heavy atom. The summed E-state index contributed by atoms with van der Waals surface area (Å²) in [6, 6.07) is 5.56. The van der Waals surface area contributed by atoms with Gasteiger partial charge in [0.15, 0.2) is 5.43 Å². The summed E-state index contributed by atoms with van der Waals surface area (Å²) in [5.41, 5.74) is 0.0146. The number of aliphatic hydroxyl groups excluding tert-OH is 1. The molecule has 1 unspecified atom stereocenters. The predicted octanol–water partition coefficient (Wildman–Crippen LogP) is 0.986. The van der Waals surface area contributed by atoms with Crippen LogP contribution in [0.15, 0.2) is 29.1 Å². The van der Waals surface area contributed by atoms with E-state index < -0.39 is 11.4 Å². The highest BCUT2D eigenvalue weighted by Crippen LogP contribution is 2.22. The Kier molecular flexibility index (Phi) is 3.99. The summed E-state index contributed by atoms with van der Waals surface area (Å²) in [6.45, 7) is 1.38. The molecule has 0 amide bonds. The van der Waals surface area contributed by atoms with Crippen molar-refractivity contribution < 1.29 is 14.6 Å². The molecule has 1 aromatic heterocycles. The fourth-order valence-electron chi connectivity index (χ4n) is 3.07. The average Bonchev–Trinajstić information content (AvgIpc) is 2.48. The average molecular weight is 306 g/mol. The third-order valence-electron chi connectivity index (χ3n) is 4.17. The van der Waals surface area contributed by atoms with Crippen molar-refractivity contribution in [1.29, 1.82) is 0 Å². The molecule has 2 heterocycles. The van der Waals surface area contributed by atoms with Crippen molar-refractivity contribution in [1.82, 2.24) is 9.88 Å². The van der Waals surface area contributed by atoms with Gasteiger partial charge in [0.2, 0.25) is 0 Å². The topological polar surface area (TPSA) is 76.6 Å². The lowest BCUT2D eigenvalue weighted by Crippen LogP contribution is -2.50. The van der Waals surface area contributed by atoms with E-state index in [-0.39, 0.29) is 12.0 Å². The van der Waals surface area contributed by atoms with Crippen LogP contribution in [0.25, 0.3) is 10.9 Å². The highest BCUT2D eigenvalue weighted by atomic mass is 19.1. The lowest BCUT2D eigenvalue weighted by Gasteiger charge is -2.37. The summed E-state index contributed by atoms with van der Waals surface area (Å²) < 4.78 is 13.2. The smallest absolute Gasteiger partial charge is 0.189 e. The molecule has 5 nitrogen and oxygen atoms in total. The molecule has 0 saturated carbocycles. The van der Waals surface area contributed by atoms with Crippen LogP contribution in [0.1, 0.15) is 18.5 Å². The van der Waals surface area contributed by atoms with E-state index in [1.54, 1.807) is 6.07 Å². The molecule has 0 radical (unpaired) electrons. The Balaban J connectivity index is 1.85. The second kappa shape index (κ2) is 5.79. The molecule has 3 rings (SSSR count). The van der Waals surface area contributed by atoms with E-state index in [2.05, 4.69) is 4.98 Å². The van der Waals surface area contributed by atoms with Gasteiger partial charge in [-0.3, -0.25) is 9.69 Å². The van der Waals surface area contributed by atoms with E-state index in [4.69, 9.17) is 0 Å². The van der Waals surface area contributed by atoms with Crippen molar-refractivity contribution in [3.05, 3.63) is 46.0 Å². The number of hydrogen-bond acceptors (Lipinski definition) is 4. The molecule has 1 aliphatic heterocycles. The molecule has 2 aromatic rings. The maximum Gasteiger partial charge on any atom is 0.189 e. The number of benzene rings is 1. The van der Waals surface area contributed by atoms with Crippen LogP contribution in [0.4, 0.5) is 4.39 Å². The predicted molar refractivity (Wildman–Crippen MR) is 81.1 cm³/mol. The largest absolute Gasteiger partial charge is 0.393 e. The summed E-state index contributed by atoms with van der Waals surface area (Å²) in [4.78, 5) is 17.2. The van der Waals surface area contributed by atoms with Gasteiger partial charge in [-0.1, -0.05) is 0 Å². The SMILES string of the molecule is O=c1cc(CN2CCCC(O)(CO)C2)[nH]c2ccc(F)cc12. The van der Waals surface area contributed by atoms with E-state index in [1.165, 1.54) is 18.2 Å². The number of halogens is 1. The molecule has 0 aliphatic carbocycles.